The number of amides is 1. The highest BCUT2D eigenvalue weighted by molar-refractivity contribution is 6.03. The van der Waals surface area contributed by atoms with E-state index in [9.17, 15) is 4.79 Å². The molecule has 0 aliphatic rings. The smallest absolute Gasteiger partial charge is 0.293 e. The lowest BCUT2D eigenvalue weighted by Gasteiger charge is -2.09. The molecule has 0 spiro atoms. The van der Waals surface area contributed by atoms with E-state index in [0.717, 1.165) is 0 Å². The summed E-state index contributed by atoms with van der Waals surface area (Å²) in [6.45, 7) is 1.68. The summed E-state index contributed by atoms with van der Waals surface area (Å²) in [7, 11) is 1.46. The highest BCUT2D eigenvalue weighted by Crippen LogP contribution is 2.26. The van der Waals surface area contributed by atoms with Gasteiger partial charge in [-0.3, -0.25) is 4.79 Å². The predicted octanol–water partition coefficient (Wildman–Crippen LogP) is 2.12. The van der Waals surface area contributed by atoms with Gasteiger partial charge < -0.3 is 14.5 Å². The molecule has 0 radical (unpaired) electrons. The number of methoxy groups -OCH3 is 1. The Morgan fingerprint density at radius 3 is 2.89 bits per heavy atom. The van der Waals surface area contributed by atoms with Gasteiger partial charge in [0.05, 0.1) is 30.1 Å². The molecule has 0 aliphatic carbocycles. The van der Waals surface area contributed by atoms with Crippen molar-refractivity contribution in [3.05, 3.63) is 41.6 Å². The summed E-state index contributed by atoms with van der Waals surface area (Å²) in [4.78, 5) is 15.8. The van der Waals surface area contributed by atoms with Crippen LogP contribution < -0.4 is 10.1 Å². The summed E-state index contributed by atoms with van der Waals surface area (Å²) in [6.07, 6.45) is 1.21. The molecule has 0 atom stereocenters. The van der Waals surface area contributed by atoms with Crippen LogP contribution in [0.2, 0.25) is 0 Å². The number of nitrogens with one attached hydrogen (secondary N) is 1. The summed E-state index contributed by atoms with van der Waals surface area (Å²) in [5, 5.41) is 11.4. The molecule has 2 aromatic rings. The second kappa shape index (κ2) is 5.23. The Morgan fingerprint density at radius 2 is 2.32 bits per heavy atom. The molecule has 6 nitrogen and oxygen atoms in total. The zero-order valence-electron chi connectivity index (χ0n) is 10.4. The molecule has 1 aromatic heterocycles. The molecule has 0 saturated carbocycles. The summed E-state index contributed by atoms with van der Waals surface area (Å²) in [6, 6.07) is 6.73. The number of nitriles is 1. The average Bonchev–Trinajstić information content (AvgIpc) is 2.85. The van der Waals surface area contributed by atoms with Gasteiger partial charge in [0.1, 0.15) is 5.75 Å². The quantitative estimate of drug-likeness (QED) is 0.909. The largest absolute Gasteiger partial charge is 0.495 e. The summed E-state index contributed by atoms with van der Waals surface area (Å²) < 4.78 is 10.1. The number of carbonyl (C=O) groups is 1. The first kappa shape index (κ1) is 12.6. The lowest BCUT2D eigenvalue weighted by Crippen LogP contribution is -2.13. The van der Waals surface area contributed by atoms with Gasteiger partial charge in [-0.1, -0.05) is 0 Å². The van der Waals surface area contributed by atoms with Crippen molar-refractivity contribution in [2.75, 3.05) is 12.4 Å². The molecule has 1 N–H and O–H groups in total. The van der Waals surface area contributed by atoms with Gasteiger partial charge in [-0.25, -0.2) is 4.98 Å². The highest BCUT2D eigenvalue weighted by Gasteiger charge is 2.16. The molecule has 0 aliphatic heterocycles. The minimum absolute atomic E-state index is 0.145. The standard InChI is InChI=1S/C13H11N3O3/c1-8-12(19-7-15-8)13(17)16-10-4-3-9(6-14)5-11(10)18-2/h3-5,7H,1-2H3,(H,16,17). The highest BCUT2D eigenvalue weighted by atomic mass is 16.5. The van der Waals surface area contributed by atoms with Crippen LogP contribution in [0.4, 0.5) is 5.69 Å². The molecule has 2 rings (SSSR count). The Morgan fingerprint density at radius 1 is 1.53 bits per heavy atom. The number of oxazole rings is 1. The van der Waals surface area contributed by atoms with Crippen LogP contribution in [-0.4, -0.2) is 18.0 Å². The molecule has 96 valence electrons. The van der Waals surface area contributed by atoms with E-state index in [1.165, 1.54) is 13.5 Å². The summed E-state index contributed by atoms with van der Waals surface area (Å²) >= 11 is 0. The Hall–Kier alpha value is -2.81. The third-order valence-corrected chi connectivity index (χ3v) is 2.53. The third kappa shape index (κ3) is 2.55. The number of carbonyl (C=O) groups excluding carboxylic acids is 1. The maximum atomic E-state index is 12.0. The molecular weight excluding hydrogens is 246 g/mol. The van der Waals surface area contributed by atoms with Crippen LogP contribution in [0.3, 0.4) is 0 Å². The molecule has 1 amide bonds. The van der Waals surface area contributed by atoms with Crippen molar-refractivity contribution in [3.8, 4) is 11.8 Å². The van der Waals surface area contributed by atoms with Crippen LogP contribution in [0.25, 0.3) is 0 Å². The predicted molar refractivity (Wildman–Crippen MR) is 66.9 cm³/mol. The first-order valence-electron chi connectivity index (χ1n) is 5.45. The van der Waals surface area contributed by atoms with Crippen molar-refractivity contribution < 1.29 is 13.9 Å². The second-order valence-electron chi connectivity index (χ2n) is 3.75. The van der Waals surface area contributed by atoms with Crippen LogP contribution in [0.15, 0.2) is 29.0 Å². The van der Waals surface area contributed by atoms with E-state index in [0.29, 0.717) is 22.7 Å². The summed E-state index contributed by atoms with van der Waals surface area (Å²) in [5.74, 6) is 0.133. The van der Waals surface area contributed by atoms with Gasteiger partial charge in [0.25, 0.3) is 5.91 Å². The number of rotatable bonds is 3. The fourth-order valence-corrected chi connectivity index (χ4v) is 1.56. The lowest BCUT2D eigenvalue weighted by atomic mass is 10.2. The van der Waals surface area contributed by atoms with E-state index in [1.807, 2.05) is 6.07 Å². The molecule has 1 heterocycles. The first-order valence-corrected chi connectivity index (χ1v) is 5.45. The third-order valence-electron chi connectivity index (χ3n) is 2.53. The number of ether oxygens (including phenoxy) is 1. The van der Waals surface area contributed by atoms with Gasteiger partial charge in [-0.2, -0.15) is 5.26 Å². The van der Waals surface area contributed by atoms with Crippen LogP contribution in [0.1, 0.15) is 21.8 Å². The topological polar surface area (TPSA) is 88.1 Å². The van der Waals surface area contributed by atoms with E-state index in [2.05, 4.69) is 10.3 Å². The summed E-state index contributed by atoms with van der Waals surface area (Å²) in [5.41, 5.74) is 1.41. The van der Waals surface area contributed by atoms with E-state index < -0.39 is 5.91 Å². The van der Waals surface area contributed by atoms with Gasteiger partial charge in [0.2, 0.25) is 5.76 Å². The normalized spacial score (nSPS) is 9.74. The Bertz CT molecular complexity index is 655. The van der Waals surface area contributed by atoms with Gasteiger partial charge in [0.15, 0.2) is 6.39 Å². The Labute approximate surface area is 109 Å². The van der Waals surface area contributed by atoms with Gasteiger partial charge in [0, 0.05) is 6.07 Å². The fourth-order valence-electron chi connectivity index (χ4n) is 1.56. The minimum atomic E-state index is -0.419. The SMILES string of the molecule is COc1cc(C#N)ccc1NC(=O)c1ocnc1C. The molecule has 0 bridgehead atoms. The monoisotopic (exact) mass is 257 g/mol. The molecule has 6 heteroatoms. The number of aryl methyl sites for hydroxylation is 1. The number of aromatic nitrogens is 1. The number of hydrogen-bond donors (Lipinski definition) is 1. The van der Waals surface area contributed by atoms with Crippen molar-refractivity contribution in [2.24, 2.45) is 0 Å². The molecule has 1 aromatic carbocycles. The van der Waals surface area contributed by atoms with Crippen molar-refractivity contribution in [1.29, 1.82) is 5.26 Å². The maximum absolute atomic E-state index is 12.0. The van der Waals surface area contributed by atoms with Gasteiger partial charge in [-0.15, -0.1) is 0 Å². The van der Waals surface area contributed by atoms with Crippen LogP contribution in [0.5, 0.6) is 5.75 Å². The van der Waals surface area contributed by atoms with Crippen LogP contribution in [0, 0.1) is 18.3 Å². The second-order valence-corrected chi connectivity index (χ2v) is 3.75. The maximum Gasteiger partial charge on any atom is 0.293 e. The van der Waals surface area contributed by atoms with Gasteiger partial charge >= 0.3 is 0 Å². The Kier molecular flexibility index (Phi) is 3.48. The van der Waals surface area contributed by atoms with Crippen molar-refractivity contribution in [1.82, 2.24) is 4.98 Å². The number of anilines is 1. The van der Waals surface area contributed by atoms with Crippen molar-refractivity contribution in [2.45, 2.75) is 6.92 Å². The zero-order valence-corrected chi connectivity index (χ0v) is 10.4. The van der Waals surface area contributed by atoms with E-state index in [-0.39, 0.29) is 5.76 Å². The number of nitrogens with zero attached hydrogens (tertiary/aromatic N) is 2. The van der Waals surface area contributed by atoms with Crippen LogP contribution >= 0.6 is 0 Å². The molecule has 0 fully saturated rings. The van der Waals surface area contributed by atoms with E-state index in [4.69, 9.17) is 14.4 Å². The first-order chi connectivity index (χ1) is 9.15. The van der Waals surface area contributed by atoms with Crippen molar-refractivity contribution >= 4 is 11.6 Å². The number of benzene rings is 1. The zero-order chi connectivity index (χ0) is 13.8. The number of hydrogen-bond acceptors (Lipinski definition) is 5. The van der Waals surface area contributed by atoms with Crippen molar-refractivity contribution in [3.63, 3.8) is 0 Å². The van der Waals surface area contributed by atoms with Crippen LogP contribution in [-0.2, 0) is 0 Å². The molecule has 0 unspecified atom stereocenters. The van der Waals surface area contributed by atoms with E-state index >= 15 is 0 Å². The lowest BCUT2D eigenvalue weighted by molar-refractivity contribution is 0.0995. The molecular formula is C13H11N3O3. The minimum Gasteiger partial charge on any atom is -0.495 e. The fraction of sp³-hybridized carbons (Fsp3) is 0.154. The Balaban J connectivity index is 2.27. The van der Waals surface area contributed by atoms with Gasteiger partial charge in [-0.05, 0) is 19.1 Å². The average molecular weight is 257 g/mol. The molecule has 0 saturated heterocycles. The molecule has 19 heavy (non-hydrogen) atoms. The van der Waals surface area contributed by atoms with E-state index in [1.54, 1.807) is 25.1 Å².